The first-order valence-corrected chi connectivity index (χ1v) is 15.1. The number of carboxylic acid groups (broad SMARTS) is 1. The molecule has 0 radical (unpaired) electrons. The summed E-state index contributed by atoms with van der Waals surface area (Å²) < 4.78 is 7.99. The molecule has 13 heteroatoms. The van der Waals surface area contributed by atoms with Gasteiger partial charge in [0.25, 0.3) is 5.91 Å². The minimum atomic E-state index is -0.899. The van der Waals surface area contributed by atoms with E-state index < -0.39 is 17.8 Å². The smallest absolute Gasteiger partial charge is 0.415 e. The van der Waals surface area contributed by atoms with E-state index in [0.717, 1.165) is 49.6 Å². The predicted molar refractivity (Wildman–Crippen MR) is 158 cm³/mol. The van der Waals surface area contributed by atoms with E-state index in [-0.39, 0.29) is 24.0 Å². The zero-order valence-corrected chi connectivity index (χ0v) is 24.4. The Bertz CT molecular complexity index is 1570. The Hall–Kier alpha value is -4.42. The quantitative estimate of drug-likeness (QED) is 0.430. The Balaban J connectivity index is 1.10. The van der Waals surface area contributed by atoms with Crippen molar-refractivity contribution in [2.75, 3.05) is 30.9 Å². The van der Waals surface area contributed by atoms with E-state index >= 15 is 0 Å². The fourth-order valence-electron chi connectivity index (χ4n) is 7.56. The minimum absolute atomic E-state index is 0.0577. The molecular weight excluding hydrogens is 552 g/mol. The van der Waals surface area contributed by atoms with E-state index in [1.165, 1.54) is 11.3 Å². The number of carbonyl (C=O) groups excluding carboxylic acids is 2. The topological polar surface area (TPSA) is 146 Å². The molecule has 6 heterocycles. The van der Waals surface area contributed by atoms with Crippen LogP contribution >= 0.6 is 0 Å². The Morgan fingerprint density at radius 1 is 1.02 bits per heavy atom. The van der Waals surface area contributed by atoms with E-state index in [0.29, 0.717) is 42.5 Å². The fraction of sp³-hybridized carbons (Fsp3) is 0.533. The van der Waals surface area contributed by atoms with E-state index in [1.54, 1.807) is 48.4 Å². The molecule has 0 aromatic carbocycles. The second kappa shape index (κ2) is 10.4. The van der Waals surface area contributed by atoms with Crippen LogP contribution in [0.1, 0.15) is 74.3 Å². The van der Waals surface area contributed by atoms with Gasteiger partial charge in [0, 0.05) is 56.6 Å². The van der Waals surface area contributed by atoms with Crippen LogP contribution in [0.3, 0.4) is 0 Å². The molecule has 3 amide bonds. The lowest BCUT2D eigenvalue weighted by Gasteiger charge is -2.41. The molecule has 3 aliphatic heterocycles. The molecule has 3 aromatic heterocycles. The number of piperidine rings is 1. The molecule has 1 aliphatic carbocycles. The maximum Gasteiger partial charge on any atom is 0.415 e. The molecule has 3 aromatic rings. The van der Waals surface area contributed by atoms with Crippen LogP contribution in [-0.2, 0) is 4.74 Å². The van der Waals surface area contributed by atoms with Gasteiger partial charge in [-0.3, -0.25) is 9.69 Å². The fourth-order valence-corrected chi connectivity index (χ4v) is 7.56. The Kier molecular flexibility index (Phi) is 6.62. The third-order valence-electron chi connectivity index (χ3n) is 9.47. The highest BCUT2D eigenvalue weighted by molar-refractivity contribution is 5.98. The summed E-state index contributed by atoms with van der Waals surface area (Å²) in [6.45, 7) is 0.368. The molecule has 2 bridgehead atoms. The lowest BCUT2D eigenvalue weighted by Crippen LogP contribution is -2.54. The third-order valence-corrected chi connectivity index (χ3v) is 9.47. The zero-order chi connectivity index (χ0) is 29.9. The maximum absolute atomic E-state index is 13.1. The van der Waals surface area contributed by atoms with Gasteiger partial charge in [-0.2, -0.15) is 4.98 Å². The first-order chi connectivity index (χ1) is 20.7. The summed E-state index contributed by atoms with van der Waals surface area (Å²) in [5.41, 5.74) is 1.27. The van der Waals surface area contributed by atoms with Gasteiger partial charge in [0.05, 0.1) is 18.4 Å². The van der Waals surface area contributed by atoms with Crippen LogP contribution in [0.15, 0.2) is 30.6 Å². The highest BCUT2D eigenvalue weighted by atomic mass is 16.6. The van der Waals surface area contributed by atoms with E-state index in [2.05, 4.69) is 19.9 Å². The van der Waals surface area contributed by atoms with Crippen LogP contribution in [0, 0.1) is 0 Å². The number of pyridine rings is 1. The van der Waals surface area contributed by atoms with Crippen LogP contribution < -0.4 is 10.2 Å². The van der Waals surface area contributed by atoms with Crippen molar-refractivity contribution in [3.05, 3.63) is 36.3 Å². The Morgan fingerprint density at radius 3 is 2.42 bits per heavy atom. The summed E-state index contributed by atoms with van der Waals surface area (Å²) in [5, 5.41) is 13.6. The summed E-state index contributed by atoms with van der Waals surface area (Å²) in [6.07, 6.45) is 10.1. The molecule has 2 N–H and O–H groups in total. The number of anilines is 3. The SMILES string of the molecule is CN(C)C(=O)c1cc2cnc(Nc3ccc(N4CC5(CC6CCC(C5)N6C(=O)O)OC4=O)cn3)nc2n1C1CCCCC1. The number of amides is 3. The molecule has 2 unspecified atom stereocenters. The number of nitrogens with one attached hydrogen (secondary N) is 1. The number of carbonyl (C=O) groups is 3. The molecule has 226 valence electrons. The van der Waals surface area contributed by atoms with Gasteiger partial charge in [0.1, 0.15) is 22.8 Å². The first-order valence-electron chi connectivity index (χ1n) is 15.1. The third kappa shape index (κ3) is 4.80. The van der Waals surface area contributed by atoms with Crippen LogP contribution in [-0.4, -0.2) is 90.8 Å². The van der Waals surface area contributed by atoms with E-state index in [1.807, 2.05) is 6.07 Å². The summed E-state index contributed by atoms with van der Waals surface area (Å²) in [5.74, 6) is 0.822. The molecule has 43 heavy (non-hydrogen) atoms. The van der Waals surface area contributed by atoms with Gasteiger partial charge in [-0.1, -0.05) is 19.3 Å². The van der Waals surface area contributed by atoms with Gasteiger partial charge >= 0.3 is 12.2 Å². The number of ether oxygens (including phenoxy) is 1. The van der Waals surface area contributed by atoms with E-state index in [4.69, 9.17) is 9.72 Å². The molecule has 1 saturated carbocycles. The normalized spacial score (nSPS) is 25.4. The number of fused-ring (bicyclic) bond motifs is 3. The van der Waals surface area contributed by atoms with Gasteiger partial charge < -0.3 is 29.5 Å². The van der Waals surface area contributed by atoms with Crippen LogP contribution in [0.5, 0.6) is 0 Å². The van der Waals surface area contributed by atoms with Crippen LogP contribution in [0.4, 0.5) is 27.0 Å². The van der Waals surface area contributed by atoms with Crippen molar-refractivity contribution >= 4 is 46.6 Å². The Morgan fingerprint density at radius 2 is 1.77 bits per heavy atom. The number of nitrogens with zero attached hydrogens (tertiary/aromatic N) is 7. The van der Waals surface area contributed by atoms with Gasteiger partial charge in [0.15, 0.2) is 0 Å². The van der Waals surface area contributed by atoms with Crippen molar-refractivity contribution in [3.63, 3.8) is 0 Å². The average Bonchev–Trinajstić information content (AvgIpc) is 3.62. The molecule has 4 aliphatic rings. The van der Waals surface area contributed by atoms with Gasteiger partial charge in [-0.15, -0.1) is 0 Å². The summed E-state index contributed by atoms with van der Waals surface area (Å²) in [6, 6.07) is 5.40. The molecule has 7 rings (SSSR count). The summed E-state index contributed by atoms with van der Waals surface area (Å²) >= 11 is 0. The van der Waals surface area contributed by atoms with Crippen molar-refractivity contribution in [2.24, 2.45) is 0 Å². The van der Waals surface area contributed by atoms with Crippen molar-refractivity contribution in [2.45, 2.75) is 81.5 Å². The molecule has 1 spiro atoms. The average molecular weight is 589 g/mol. The molecule has 2 atom stereocenters. The highest BCUT2D eigenvalue weighted by Gasteiger charge is 2.56. The number of hydrogen-bond donors (Lipinski definition) is 2. The molecule has 4 fully saturated rings. The summed E-state index contributed by atoms with van der Waals surface area (Å²) in [4.78, 5) is 56.2. The lowest BCUT2D eigenvalue weighted by molar-refractivity contribution is -0.0234. The van der Waals surface area contributed by atoms with E-state index in [9.17, 15) is 19.5 Å². The van der Waals surface area contributed by atoms with Crippen LogP contribution in [0.2, 0.25) is 0 Å². The minimum Gasteiger partial charge on any atom is -0.465 e. The molecular formula is C30H36N8O5. The van der Waals surface area contributed by atoms with Crippen molar-refractivity contribution in [1.29, 1.82) is 0 Å². The first kappa shape index (κ1) is 27.4. The molecule has 3 saturated heterocycles. The van der Waals surface area contributed by atoms with Gasteiger partial charge in [0.2, 0.25) is 5.95 Å². The van der Waals surface area contributed by atoms with Crippen molar-refractivity contribution < 1.29 is 24.2 Å². The number of hydrogen-bond acceptors (Lipinski definition) is 8. The second-order valence-corrected chi connectivity index (χ2v) is 12.5. The summed E-state index contributed by atoms with van der Waals surface area (Å²) in [7, 11) is 3.51. The largest absolute Gasteiger partial charge is 0.465 e. The number of aromatic nitrogens is 4. The monoisotopic (exact) mass is 588 g/mol. The second-order valence-electron chi connectivity index (χ2n) is 12.5. The van der Waals surface area contributed by atoms with Crippen molar-refractivity contribution in [1.82, 2.24) is 29.3 Å². The van der Waals surface area contributed by atoms with Crippen LogP contribution in [0.25, 0.3) is 11.0 Å². The Labute approximate surface area is 248 Å². The standard InChI is InChI=1S/C30H36N8O5/c1-35(2)26(39)23-12-18-15-32-27(34-25(18)38(23)19-6-4-3-5-7-19)33-24-11-10-22(16-31-24)36-17-30(43-29(36)42)13-20-8-9-21(14-30)37(20)28(40)41/h10-12,15-16,19-21H,3-9,13-14,17H2,1-2H3,(H,40,41)(H,31,32,33,34). The lowest BCUT2D eigenvalue weighted by atomic mass is 9.86. The number of rotatable bonds is 5. The van der Waals surface area contributed by atoms with Gasteiger partial charge in [-0.25, -0.2) is 19.6 Å². The highest BCUT2D eigenvalue weighted by Crippen LogP contribution is 2.46. The predicted octanol–water partition coefficient (Wildman–Crippen LogP) is 4.78. The van der Waals surface area contributed by atoms with Crippen molar-refractivity contribution in [3.8, 4) is 0 Å². The molecule has 13 nitrogen and oxygen atoms in total. The maximum atomic E-state index is 13.1. The zero-order valence-electron chi connectivity index (χ0n) is 24.4. The van der Waals surface area contributed by atoms with Gasteiger partial charge in [-0.05, 0) is 43.9 Å².